The highest BCUT2D eigenvalue weighted by molar-refractivity contribution is 6.62. The lowest BCUT2D eigenvalue weighted by molar-refractivity contribution is -0.141. The van der Waals surface area contributed by atoms with E-state index >= 15 is 0 Å². The number of rotatable bonds is 2. The molecule has 1 aromatic heterocycles. The second-order valence-electron chi connectivity index (χ2n) is 10.1. The van der Waals surface area contributed by atoms with Gasteiger partial charge in [-0.05, 0) is 66.1 Å². The van der Waals surface area contributed by atoms with Crippen LogP contribution in [0.1, 0.15) is 66.0 Å². The van der Waals surface area contributed by atoms with Gasteiger partial charge in [0.05, 0.1) is 30.0 Å². The standard InChI is InChI=1S/C21H30BF3N2O5/c1-18(2,3)30-17(28)27-8-9-29-15(12-27)14-10-13(11-16(26-14)21(23,24)25)22-31-19(4,5)20(6,7)32-22/h10-11,15H,8-9,12H2,1-7H3. The zero-order valence-electron chi connectivity index (χ0n) is 19.5. The van der Waals surface area contributed by atoms with Crippen LogP contribution >= 0.6 is 0 Å². The SMILES string of the molecule is CC(C)(C)OC(=O)N1CCOC(c2cc(B3OC(C)(C)C(C)(C)O3)cc(C(F)(F)F)n2)C1. The van der Waals surface area contributed by atoms with Gasteiger partial charge >= 0.3 is 19.4 Å². The number of hydrogen-bond donors (Lipinski definition) is 0. The Balaban J connectivity index is 1.91. The van der Waals surface area contributed by atoms with Crippen LogP contribution < -0.4 is 5.46 Å². The first-order valence-corrected chi connectivity index (χ1v) is 10.5. The van der Waals surface area contributed by atoms with Crippen molar-refractivity contribution in [2.75, 3.05) is 19.7 Å². The van der Waals surface area contributed by atoms with Gasteiger partial charge in [0, 0.05) is 6.54 Å². The Morgan fingerprint density at radius 3 is 2.28 bits per heavy atom. The van der Waals surface area contributed by atoms with E-state index in [9.17, 15) is 18.0 Å². The largest absolute Gasteiger partial charge is 0.494 e. The summed E-state index contributed by atoms with van der Waals surface area (Å²) in [5, 5.41) is 0. The van der Waals surface area contributed by atoms with Gasteiger partial charge in [0.1, 0.15) is 17.4 Å². The maximum atomic E-state index is 13.6. The molecule has 2 aliphatic rings. The van der Waals surface area contributed by atoms with Gasteiger partial charge in [-0.25, -0.2) is 9.78 Å². The quantitative estimate of drug-likeness (QED) is 0.630. The van der Waals surface area contributed by atoms with Crippen molar-refractivity contribution in [1.29, 1.82) is 0 Å². The molecular formula is C21H30BF3N2O5. The summed E-state index contributed by atoms with van der Waals surface area (Å²) >= 11 is 0. The molecule has 0 aliphatic carbocycles. The molecule has 0 bridgehead atoms. The minimum Gasteiger partial charge on any atom is -0.444 e. The van der Waals surface area contributed by atoms with Crippen LogP contribution in [0.25, 0.3) is 0 Å². The number of morpholine rings is 1. The Morgan fingerprint density at radius 2 is 1.75 bits per heavy atom. The van der Waals surface area contributed by atoms with Crippen LogP contribution in [0.4, 0.5) is 18.0 Å². The van der Waals surface area contributed by atoms with E-state index in [4.69, 9.17) is 18.8 Å². The van der Waals surface area contributed by atoms with E-state index in [0.717, 1.165) is 6.07 Å². The third-order valence-electron chi connectivity index (χ3n) is 5.73. The number of carbonyl (C=O) groups is 1. The van der Waals surface area contributed by atoms with Crippen molar-refractivity contribution in [3.63, 3.8) is 0 Å². The van der Waals surface area contributed by atoms with Crippen LogP contribution in [-0.2, 0) is 25.0 Å². The number of alkyl halides is 3. The van der Waals surface area contributed by atoms with Crippen LogP contribution in [0.5, 0.6) is 0 Å². The zero-order chi connectivity index (χ0) is 24.1. The molecule has 2 saturated heterocycles. The van der Waals surface area contributed by atoms with E-state index in [1.54, 1.807) is 20.8 Å². The Bertz CT molecular complexity index is 854. The fourth-order valence-electron chi connectivity index (χ4n) is 3.32. The zero-order valence-corrected chi connectivity index (χ0v) is 19.5. The first-order valence-electron chi connectivity index (χ1n) is 10.5. The van der Waals surface area contributed by atoms with Crippen molar-refractivity contribution >= 4 is 18.7 Å². The van der Waals surface area contributed by atoms with Gasteiger partial charge in [-0.1, -0.05) is 0 Å². The van der Waals surface area contributed by atoms with Crippen molar-refractivity contribution in [3.05, 3.63) is 23.5 Å². The van der Waals surface area contributed by atoms with Gasteiger partial charge in [0.2, 0.25) is 0 Å². The van der Waals surface area contributed by atoms with E-state index in [1.807, 2.05) is 27.7 Å². The number of halogens is 3. The third-order valence-corrected chi connectivity index (χ3v) is 5.73. The third kappa shape index (κ3) is 5.37. The summed E-state index contributed by atoms with van der Waals surface area (Å²) in [6.07, 6.45) is -6.07. The van der Waals surface area contributed by atoms with Crippen LogP contribution in [0.2, 0.25) is 0 Å². The van der Waals surface area contributed by atoms with Gasteiger partial charge in [-0.3, -0.25) is 0 Å². The molecule has 0 spiro atoms. The molecule has 0 radical (unpaired) electrons. The fraction of sp³-hybridized carbons (Fsp3) is 0.714. The molecule has 0 saturated carbocycles. The molecule has 32 heavy (non-hydrogen) atoms. The van der Waals surface area contributed by atoms with Gasteiger partial charge in [0.15, 0.2) is 0 Å². The van der Waals surface area contributed by atoms with Crippen molar-refractivity contribution in [2.24, 2.45) is 0 Å². The van der Waals surface area contributed by atoms with Crippen LogP contribution in [0.15, 0.2) is 12.1 Å². The molecule has 1 unspecified atom stereocenters. The normalized spacial score (nSPS) is 23.4. The number of aromatic nitrogens is 1. The number of pyridine rings is 1. The Kier molecular flexibility index (Phi) is 6.34. The topological polar surface area (TPSA) is 70.1 Å². The van der Waals surface area contributed by atoms with Gasteiger partial charge in [-0.2, -0.15) is 13.2 Å². The Morgan fingerprint density at radius 1 is 1.16 bits per heavy atom. The van der Waals surface area contributed by atoms with Crippen LogP contribution in [0.3, 0.4) is 0 Å². The molecule has 2 aliphatic heterocycles. The Labute approximate surface area is 186 Å². The minimum atomic E-state index is -4.67. The van der Waals surface area contributed by atoms with Crippen LogP contribution in [-0.4, -0.2) is 59.6 Å². The number of carbonyl (C=O) groups excluding carboxylic acids is 1. The first-order chi connectivity index (χ1) is 14.5. The molecule has 1 amide bonds. The van der Waals surface area contributed by atoms with Gasteiger partial charge < -0.3 is 23.7 Å². The minimum absolute atomic E-state index is 0.0199. The average Bonchev–Trinajstić information content (AvgIpc) is 2.87. The molecule has 11 heteroatoms. The highest BCUT2D eigenvalue weighted by atomic mass is 19.4. The number of nitrogens with zero attached hydrogens (tertiary/aromatic N) is 2. The highest BCUT2D eigenvalue weighted by Gasteiger charge is 2.52. The monoisotopic (exact) mass is 458 g/mol. The van der Waals surface area contributed by atoms with Crippen LogP contribution in [0, 0.1) is 0 Å². The second kappa shape index (κ2) is 8.18. The molecular weight excluding hydrogens is 428 g/mol. The molecule has 3 heterocycles. The molecule has 178 valence electrons. The first kappa shape index (κ1) is 24.8. The maximum absolute atomic E-state index is 13.6. The molecule has 1 aromatic rings. The summed E-state index contributed by atoms with van der Waals surface area (Å²) < 4.78 is 63.8. The second-order valence-corrected chi connectivity index (χ2v) is 10.1. The predicted octanol–water partition coefficient (Wildman–Crippen LogP) is 3.71. The summed E-state index contributed by atoms with van der Waals surface area (Å²) in [4.78, 5) is 17.7. The van der Waals surface area contributed by atoms with E-state index in [1.165, 1.54) is 11.0 Å². The lowest BCUT2D eigenvalue weighted by Crippen LogP contribution is -2.45. The molecule has 2 fully saturated rings. The molecule has 3 rings (SSSR count). The lowest BCUT2D eigenvalue weighted by Gasteiger charge is -2.34. The molecule has 0 aromatic carbocycles. The van der Waals surface area contributed by atoms with Crippen molar-refractivity contribution in [1.82, 2.24) is 9.88 Å². The average molecular weight is 458 g/mol. The van der Waals surface area contributed by atoms with Gasteiger partial charge in [-0.15, -0.1) is 0 Å². The summed E-state index contributed by atoms with van der Waals surface area (Å²) in [6.45, 7) is 13.0. The van der Waals surface area contributed by atoms with Crippen molar-refractivity contribution in [2.45, 2.75) is 77.5 Å². The van der Waals surface area contributed by atoms with Crippen molar-refractivity contribution < 1.29 is 36.7 Å². The molecule has 7 nitrogen and oxygen atoms in total. The summed E-state index contributed by atoms with van der Waals surface area (Å²) in [7, 11) is -0.992. The van der Waals surface area contributed by atoms with Crippen molar-refractivity contribution in [3.8, 4) is 0 Å². The lowest BCUT2D eigenvalue weighted by atomic mass is 9.78. The van der Waals surface area contributed by atoms with Gasteiger partial charge in [0.25, 0.3) is 0 Å². The summed E-state index contributed by atoms with van der Waals surface area (Å²) in [6, 6.07) is 2.42. The summed E-state index contributed by atoms with van der Waals surface area (Å²) in [5.41, 5.74) is -2.94. The number of amides is 1. The predicted molar refractivity (Wildman–Crippen MR) is 111 cm³/mol. The molecule has 1 atom stereocenters. The Hall–Kier alpha value is -1.85. The summed E-state index contributed by atoms with van der Waals surface area (Å²) in [5.74, 6) is 0. The van der Waals surface area contributed by atoms with E-state index in [-0.39, 0.29) is 30.9 Å². The maximum Gasteiger partial charge on any atom is 0.494 e. The smallest absolute Gasteiger partial charge is 0.444 e. The number of ether oxygens (including phenoxy) is 2. The number of hydrogen-bond acceptors (Lipinski definition) is 6. The van der Waals surface area contributed by atoms with E-state index < -0.39 is 48.0 Å². The highest BCUT2D eigenvalue weighted by Crippen LogP contribution is 2.37. The van der Waals surface area contributed by atoms with E-state index in [0.29, 0.717) is 0 Å². The fourth-order valence-corrected chi connectivity index (χ4v) is 3.32. The van der Waals surface area contributed by atoms with E-state index in [2.05, 4.69) is 4.98 Å². The molecule has 0 N–H and O–H groups in total.